The highest BCUT2D eigenvalue weighted by Gasteiger charge is 2.13. The van der Waals surface area contributed by atoms with Crippen molar-refractivity contribution in [3.63, 3.8) is 0 Å². The Morgan fingerprint density at radius 1 is 1.39 bits per heavy atom. The number of hydrogen-bond acceptors (Lipinski definition) is 5. The van der Waals surface area contributed by atoms with Crippen molar-refractivity contribution in [2.45, 2.75) is 38.6 Å². The second kappa shape index (κ2) is 8.19. The maximum atomic E-state index is 5.43. The van der Waals surface area contributed by atoms with E-state index in [0.717, 1.165) is 35.3 Å². The molecule has 1 N–H and O–H groups in total. The summed E-state index contributed by atoms with van der Waals surface area (Å²) in [4.78, 5) is 8.55. The van der Waals surface area contributed by atoms with Crippen molar-refractivity contribution >= 4 is 17.6 Å². The van der Waals surface area contributed by atoms with Crippen molar-refractivity contribution in [1.82, 2.24) is 9.97 Å². The highest BCUT2D eigenvalue weighted by atomic mass is 32.2. The van der Waals surface area contributed by atoms with E-state index in [9.17, 15) is 0 Å². The Bertz CT molecular complexity index is 360. The van der Waals surface area contributed by atoms with Crippen LogP contribution in [0.4, 0.5) is 5.82 Å². The summed E-state index contributed by atoms with van der Waals surface area (Å²) in [6.07, 6.45) is 3.84. The van der Waals surface area contributed by atoms with Gasteiger partial charge < -0.3 is 10.1 Å². The summed E-state index contributed by atoms with van der Waals surface area (Å²) in [5.74, 6) is 3.29. The maximum absolute atomic E-state index is 5.43. The molecule has 18 heavy (non-hydrogen) atoms. The topological polar surface area (TPSA) is 47.0 Å². The highest BCUT2D eigenvalue weighted by Crippen LogP contribution is 2.33. The molecule has 0 aliphatic heterocycles. The minimum atomic E-state index is 0.682. The van der Waals surface area contributed by atoms with Gasteiger partial charge in [0, 0.05) is 12.3 Å². The van der Waals surface area contributed by atoms with Gasteiger partial charge in [-0.05, 0) is 12.3 Å². The standard InChI is InChI=1S/C13H23N3OS/c1-5-7-14-12-11(17-4)13(16-9-15-12)18-8-10(3)6-2/h9-10H,5-8H2,1-4H3,(H,14,15,16). The van der Waals surface area contributed by atoms with Crippen molar-refractivity contribution in [2.24, 2.45) is 5.92 Å². The zero-order valence-electron chi connectivity index (χ0n) is 11.7. The average molecular weight is 269 g/mol. The molecule has 102 valence electrons. The summed E-state index contributed by atoms with van der Waals surface area (Å²) in [6, 6.07) is 0. The van der Waals surface area contributed by atoms with Gasteiger partial charge in [0.05, 0.1) is 7.11 Å². The molecule has 0 aromatic carbocycles. The van der Waals surface area contributed by atoms with Crippen LogP contribution in [0.25, 0.3) is 0 Å². The predicted molar refractivity (Wildman–Crippen MR) is 77.5 cm³/mol. The third-order valence-corrected chi connectivity index (χ3v) is 4.02. The Hall–Kier alpha value is -0.970. The molecule has 1 heterocycles. The molecule has 0 radical (unpaired) electrons. The summed E-state index contributed by atoms with van der Waals surface area (Å²) in [5.41, 5.74) is 0. The maximum Gasteiger partial charge on any atom is 0.193 e. The molecular weight excluding hydrogens is 246 g/mol. The normalized spacial score (nSPS) is 12.2. The number of thioether (sulfide) groups is 1. The van der Waals surface area contributed by atoms with E-state index >= 15 is 0 Å². The number of anilines is 1. The van der Waals surface area contributed by atoms with Crippen LogP contribution in [0, 0.1) is 5.92 Å². The lowest BCUT2D eigenvalue weighted by Gasteiger charge is -2.13. The first kappa shape index (κ1) is 15.1. The largest absolute Gasteiger partial charge is 0.490 e. The SMILES string of the molecule is CCCNc1ncnc(SCC(C)CC)c1OC. The molecule has 1 aromatic rings. The van der Waals surface area contributed by atoms with E-state index in [1.807, 2.05) is 0 Å². The fourth-order valence-electron chi connectivity index (χ4n) is 1.35. The fourth-order valence-corrected chi connectivity index (χ4v) is 2.46. The number of aromatic nitrogens is 2. The zero-order chi connectivity index (χ0) is 13.4. The van der Waals surface area contributed by atoms with Crippen LogP contribution in [0.3, 0.4) is 0 Å². The summed E-state index contributed by atoms with van der Waals surface area (Å²) < 4.78 is 5.43. The Balaban J connectivity index is 2.77. The first-order chi connectivity index (χ1) is 8.72. The number of rotatable bonds is 8. The molecule has 0 fully saturated rings. The van der Waals surface area contributed by atoms with Crippen molar-refractivity contribution in [3.05, 3.63) is 6.33 Å². The van der Waals surface area contributed by atoms with E-state index in [4.69, 9.17) is 4.74 Å². The molecule has 0 amide bonds. The second-order valence-electron chi connectivity index (χ2n) is 4.31. The lowest BCUT2D eigenvalue weighted by Crippen LogP contribution is -2.06. The van der Waals surface area contributed by atoms with Crippen molar-refractivity contribution in [1.29, 1.82) is 0 Å². The average Bonchev–Trinajstić information content (AvgIpc) is 2.42. The molecule has 0 spiro atoms. The molecule has 5 heteroatoms. The summed E-state index contributed by atoms with van der Waals surface area (Å²) in [5, 5.41) is 4.19. The first-order valence-corrected chi connectivity index (χ1v) is 7.47. The first-order valence-electron chi connectivity index (χ1n) is 6.48. The summed E-state index contributed by atoms with van der Waals surface area (Å²) in [7, 11) is 1.67. The van der Waals surface area contributed by atoms with E-state index < -0.39 is 0 Å². The molecule has 0 saturated carbocycles. The van der Waals surface area contributed by atoms with Crippen LogP contribution in [-0.4, -0.2) is 29.4 Å². The Kier molecular flexibility index (Phi) is 6.86. The van der Waals surface area contributed by atoms with Crippen LogP contribution >= 0.6 is 11.8 Å². The van der Waals surface area contributed by atoms with Gasteiger partial charge in [0.25, 0.3) is 0 Å². The Morgan fingerprint density at radius 3 is 2.78 bits per heavy atom. The molecule has 1 atom stereocenters. The van der Waals surface area contributed by atoms with Crippen LogP contribution in [0.1, 0.15) is 33.6 Å². The van der Waals surface area contributed by atoms with Crippen molar-refractivity contribution in [2.75, 3.05) is 24.7 Å². The van der Waals surface area contributed by atoms with Gasteiger partial charge in [-0.2, -0.15) is 0 Å². The third kappa shape index (κ3) is 4.37. The van der Waals surface area contributed by atoms with Crippen LogP contribution in [-0.2, 0) is 0 Å². The minimum absolute atomic E-state index is 0.682. The monoisotopic (exact) mass is 269 g/mol. The van der Waals surface area contributed by atoms with E-state index in [0.29, 0.717) is 5.92 Å². The Labute approximate surface area is 114 Å². The van der Waals surface area contributed by atoms with Gasteiger partial charge in [-0.1, -0.05) is 27.2 Å². The molecule has 1 aromatic heterocycles. The lowest BCUT2D eigenvalue weighted by molar-refractivity contribution is 0.400. The van der Waals surface area contributed by atoms with E-state index in [-0.39, 0.29) is 0 Å². The van der Waals surface area contributed by atoms with Crippen molar-refractivity contribution < 1.29 is 4.74 Å². The van der Waals surface area contributed by atoms with Gasteiger partial charge >= 0.3 is 0 Å². The van der Waals surface area contributed by atoms with Gasteiger partial charge in [0.15, 0.2) is 11.6 Å². The summed E-state index contributed by atoms with van der Waals surface area (Å²) >= 11 is 1.74. The van der Waals surface area contributed by atoms with Gasteiger partial charge in [-0.25, -0.2) is 9.97 Å². The van der Waals surface area contributed by atoms with Crippen LogP contribution < -0.4 is 10.1 Å². The molecular formula is C13H23N3OS. The van der Waals surface area contributed by atoms with Gasteiger partial charge in [-0.3, -0.25) is 0 Å². The molecule has 1 rings (SSSR count). The lowest BCUT2D eigenvalue weighted by atomic mass is 10.2. The number of nitrogens with zero attached hydrogens (tertiary/aromatic N) is 2. The smallest absolute Gasteiger partial charge is 0.193 e. The fraction of sp³-hybridized carbons (Fsp3) is 0.692. The molecule has 0 bridgehead atoms. The quantitative estimate of drug-likeness (QED) is 0.578. The third-order valence-electron chi connectivity index (χ3n) is 2.72. The second-order valence-corrected chi connectivity index (χ2v) is 5.32. The van der Waals surface area contributed by atoms with Crippen molar-refractivity contribution in [3.8, 4) is 5.75 Å². The van der Waals surface area contributed by atoms with E-state index in [1.54, 1.807) is 25.2 Å². The number of methoxy groups -OCH3 is 1. The zero-order valence-corrected chi connectivity index (χ0v) is 12.5. The molecule has 0 saturated heterocycles. The number of nitrogens with one attached hydrogen (secondary N) is 1. The number of ether oxygens (including phenoxy) is 1. The summed E-state index contributed by atoms with van der Waals surface area (Å²) in [6.45, 7) is 7.47. The molecule has 0 aliphatic rings. The van der Waals surface area contributed by atoms with Crippen LogP contribution in [0.2, 0.25) is 0 Å². The molecule has 0 aliphatic carbocycles. The van der Waals surface area contributed by atoms with Gasteiger partial charge in [-0.15, -0.1) is 11.8 Å². The van der Waals surface area contributed by atoms with E-state index in [1.165, 1.54) is 6.42 Å². The highest BCUT2D eigenvalue weighted by molar-refractivity contribution is 7.99. The van der Waals surface area contributed by atoms with Gasteiger partial charge in [0.1, 0.15) is 11.4 Å². The van der Waals surface area contributed by atoms with Gasteiger partial charge in [0.2, 0.25) is 0 Å². The van der Waals surface area contributed by atoms with Crippen LogP contribution in [0.5, 0.6) is 5.75 Å². The van der Waals surface area contributed by atoms with Crippen LogP contribution in [0.15, 0.2) is 11.4 Å². The predicted octanol–water partition coefficient (Wildman–Crippen LogP) is 3.45. The Morgan fingerprint density at radius 2 is 2.17 bits per heavy atom. The molecule has 1 unspecified atom stereocenters. The molecule has 4 nitrogen and oxygen atoms in total. The minimum Gasteiger partial charge on any atom is -0.490 e. The van der Waals surface area contributed by atoms with E-state index in [2.05, 4.69) is 36.1 Å². The number of hydrogen-bond donors (Lipinski definition) is 1.